The van der Waals surface area contributed by atoms with E-state index in [1.807, 2.05) is 0 Å². The Bertz CT molecular complexity index is 125. The van der Waals surface area contributed by atoms with Crippen LogP contribution in [-0.2, 0) is 4.57 Å². The highest BCUT2D eigenvalue weighted by Gasteiger charge is 2.30. The Morgan fingerprint density at radius 1 is 1.57 bits per heavy atom. The maximum Gasteiger partial charge on any atom is 0.510 e. The van der Waals surface area contributed by atoms with Crippen LogP contribution < -0.4 is 0 Å². The van der Waals surface area contributed by atoms with E-state index in [2.05, 4.69) is 0 Å². The second-order valence-corrected chi connectivity index (χ2v) is 2.05. The Morgan fingerprint density at radius 2 is 1.71 bits per heavy atom. The quantitative estimate of drug-likeness (QED) is 0.550. The molecule has 0 rings (SSSR count). The van der Waals surface area contributed by atoms with Gasteiger partial charge in [0.1, 0.15) is 0 Å². The SMILES string of the molecule is O=C(O)P(=O)(F)F. The third kappa shape index (κ3) is 2.28. The predicted octanol–water partition coefficient (Wildman–Crippen LogP) is 1.80. The minimum atomic E-state index is -5.82. The zero-order valence-electron chi connectivity index (χ0n) is 2.97. The molecule has 7 heavy (non-hydrogen) atoms. The minimum absolute atomic E-state index is 2.53. The average molecular weight is 130 g/mol. The molecule has 3 nitrogen and oxygen atoms in total. The summed E-state index contributed by atoms with van der Waals surface area (Å²) in [6.45, 7) is 0. The average Bonchev–Trinajstić information content (AvgIpc) is 1.31. The molecule has 0 aliphatic carbocycles. The number of hydrogen-bond acceptors (Lipinski definition) is 2. The van der Waals surface area contributed by atoms with Crippen LogP contribution in [0.3, 0.4) is 0 Å². The number of carbonyl (C=O) groups is 1. The van der Waals surface area contributed by atoms with Gasteiger partial charge in [-0.15, -0.1) is 8.39 Å². The van der Waals surface area contributed by atoms with Crippen LogP contribution in [0.4, 0.5) is 13.2 Å². The third-order valence-corrected chi connectivity index (χ3v) is 0.668. The molecule has 0 bridgehead atoms. The summed E-state index contributed by atoms with van der Waals surface area (Å²) in [5, 5.41) is 7.24. The smallest absolute Gasteiger partial charge is 0.472 e. The molecule has 0 saturated carbocycles. The molecule has 42 valence electrons. The monoisotopic (exact) mass is 130 g/mol. The first kappa shape index (κ1) is 6.56. The van der Waals surface area contributed by atoms with Crippen molar-refractivity contribution in [3.63, 3.8) is 0 Å². The van der Waals surface area contributed by atoms with E-state index >= 15 is 0 Å². The molecule has 6 heteroatoms. The van der Waals surface area contributed by atoms with Crippen molar-refractivity contribution >= 4 is 13.5 Å². The molecule has 0 radical (unpaired) electrons. The number of carboxylic acid groups (broad SMARTS) is 1. The van der Waals surface area contributed by atoms with Crippen LogP contribution in [-0.4, -0.2) is 10.8 Å². The van der Waals surface area contributed by atoms with E-state index in [4.69, 9.17) is 14.5 Å². The van der Waals surface area contributed by atoms with Gasteiger partial charge in [0.15, 0.2) is 0 Å². The molecule has 0 saturated heterocycles. The van der Waals surface area contributed by atoms with Gasteiger partial charge in [0, 0.05) is 0 Å². The fraction of sp³-hybridized carbons (Fsp3) is 0. The van der Waals surface area contributed by atoms with E-state index in [1.54, 1.807) is 0 Å². The molecule has 0 aliphatic rings. The molecule has 0 atom stereocenters. The van der Waals surface area contributed by atoms with Gasteiger partial charge < -0.3 is 5.11 Å². The first-order chi connectivity index (χ1) is 2.94. The molecule has 0 fully saturated rings. The molecule has 0 aliphatic heterocycles. The lowest BCUT2D eigenvalue weighted by Crippen LogP contribution is -1.82. The standard InChI is InChI=1S/CHF2O3P/c2-7(3,6)1(4)5/h(H,4,5). The lowest BCUT2D eigenvalue weighted by molar-refractivity contribution is 0.214. The van der Waals surface area contributed by atoms with E-state index in [0.717, 1.165) is 0 Å². The number of halogens is 2. The largest absolute Gasteiger partial charge is 0.510 e. The highest BCUT2D eigenvalue weighted by molar-refractivity contribution is 7.70. The van der Waals surface area contributed by atoms with E-state index in [-0.39, 0.29) is 0 Å². The lowest BCUT2D eigenvalue weighted by atomic mass is 11.6. The molecule has 1 N–H and O–H groups in total. The van der Waals surface area contributed by atoms with E-state index in [0.29, 0.717) is 0 Å². The van der Waals surface area contributed by atoms with Crippen molar-refractivity contribution < 1.29 is 22.9 Å². The summed E-state index contributed by atoms with van der Waals surface area (Å²) in [7, 11) is -5.82. The second-order valence-electron chi connectivity index (χ2n) is 0.745. The number of rotatable bonds is 1. The highest BCUT2D eigenvalue weighted by atomic mass is 31.2. The van der Waals surface area contributed by atoms with Crippen molar-refractivity contribution in [1.29, 1.82) is 0 Å². The molecule has 0 amide bonds. The summed E-state index contributed by atoms with van der Waals surface area (Å²) >= 11 is 0. The van der Waals surface area contributed by atoms with Crippen LogP contribution in [0.1, 0.15) is 0 Å². The van der Waals surface area contributed by atoms with Crippen molar-refractivity contribution in [2.75, 3.05) is 0 Å². The van der Waals surface area contributed by atoms with Crippen molar-refractivity contribution in [1.82, 2.24) is 0 Å². The van der Waals surface area contributed by atoms with Crippen LogP contribution in [0.25, 0.3) is 0 Å². The summed E-state index contributed by atoms with van der Waals surface area (Å²) in [6, 6.07) is 0. The Balaban J connectivity index is 4.09. The second kappa shape index (κ2) is 1.58. The lowest BCUT2D eigenvalue weighted by Gasteiger charge is -1.83. The maximum absolute atomic E-state index is 10.8. The van der Waals surface area contributed by atoms with Crippen LogP contribution in [0, 0.1) is 0 Å². The summed E-state index contributed by atoms with van der Waals surface area (Å²) in [4.78, 5) is 9.01. The molecule has 0 heterocycles. The van der Waals surface area contributed by atoms with Gasteiger partial charge in [-0.1, -0.05) is 0 Å². The molecular formula is CHF2O3P. The van der Waals surface area contributed by atoms with Crippen molar-refractivity contribution in [2.45, 2.75) is 0 Å². The molecule has 0 aromatic heterocycles. The zero-order chi connectivity index (χ0) is 6.08. The van der Waals surface area contributed by atoms with Crippen LogP contribution in [0.15, 0.2) is 0 Å². The molecular weight excluding hydrogens is 129 g/mol. The van der Waals surface area contributed by atoms with Gasteiger partial charge in [0.2, 0.25) is 0 Å². The van der Waals surface area contributed by atoms with Gasteiger partial charge in [-0.25, -0.2) is 9.36 Å². The summed E-state index contributed by atoms with van der Waals surface area (Å²) in [6.07, 6.45) is 0. The first-order valence-corrected chi connectivity index (χ1v) is 2.66. The first-order valence-electron chi connectivity index (χ1n) is 1.17. The molecule has 0 aromatic carbocycles. The highest BCUT2D eigenvalue weighted by Crippen LogP contribution is 2.49. The van der Waals surface area contributed by atoms with Crippen molar-refractivity contribution in [2.24, 2.45) is 0 Å². The summed E-state index contributed by atoms with van der Waals surface area (Å²) < 4.78 is 30.6. The normalized spacial score (nSPS) is 11.1. The van der Waals surface area contributed by atoms with E-state index in [9.17, 15) is 8.39 Å². The van der Waals surface area contributed by atoms with Gasteiger partial charge in [-0.3, -0.25) is 0 Å². The van der Waals surface area contributed by atoms with Gasteiger partial charge >= 0.3 is 13.5 Å². The van der Waals surface area contributed by atoms with Crippen molar-refractivity contribution in [3.8, 4) is 0 Å². The van der Waals surface area contributed by atoms with Crippen LogP contribution in [0.5, 0.6) is 0 Å². The van der Waals surface area contributed by atoms with E-state index < -0.39 is 13.5 Å². The molecule has 0 unspecified atom stereocenters. The Hall–Kier alpha value is -0.440. The van der Waals surface area contributed by atoms with Crippen molar-refractivity contribution in [3.05, 3.63) is 0 Å². The molecule has 0 spiro atoms. The summed E-state index contributed by atoms with van der Waals surface area (Å²) in [5.74, 6) is 0. The number of hydrogen-bond donors (Lipinski definition) is 1. The Labute approximate surface area is 37.6 Å². The summed E-state index contributed by atoms with van der Waals surface area (Å²) in [5.41, 5.74) is -2.53. The van der Waals surface area contributed by atoms with Crippen LogP contribution >= 0.6 is 7.76 Å². The predicted molar refractivity (Wildman–Crippen MR) is 17.8 cm³/mol. The third-order valence-electron chi connectivity index (χ3n) is 0.223. The maximum atomic E-state index is 10.8. The Morgan fingerprint density at radius 3 is 1.71 bits per heavy atom. The zero-order valence-corrected chi connectivity index (χ0v) is 3.86. The fourth-order valence-corrected chi connectivity index (χ4v) is 0. The molecule has 0 aromatic rings. The van der Waals surface area contributed by atoms with Gasteiger partial charge in [-0.05, 0) is 0 Å². The van der Waals surface area contributed by atoms with Gasteiger partial charge in [0.25, 0.3) is 0 Å². The van der Waals surface area contributed by atoms with Gasteiger partial charge in [0.05, 0.1) is 0 Å². The van der Waals surface area contributed by atoms with Crippen LogP contribution in [0.2, 0.25) is 0 Å². The Kier molecular flexibility index (Phi) is 1.48. The van der Waals surface area contributed by atoms with E-state index in [1.165, 1.54) is 0 Å². The minimum Gasteiger partial charge on any atom is -0.472 e. The van der Waals surface area contributed by atoms with Gasteiger partial charge in [-0.2, -0.15) is 0 Å². The topological polar surface area (TPSA) is 54.4 Å². The fourth-order valence-electron chi connectivity index (χ4n) is 0.